The van der Waals surface area contributed by atoms with E-state index in [1.807, 2.05) is 0 Å². The molecule has 0 aliphatic heterocycles. The van der Waals surface area contributed by atoms with Crippen LogP contribution in [-0.2, 0) is 16.0 Å². The molecule has 0 spiro atoms. The fourth-order valence-electron chi connectivity index (χ4n) is 1.26. The first kappa shape index (κ1) is 13.1. The number of halogens is 2. The lowest BCUT2D eigenvalue weighted by Gasteiger charge is -2.11. The van der Waals surface area contributed by atoms with E-state index in [4.69, 9.17) is 10.5 Å². The SMILES string of the molecule is CCOC(=O)[C@@H](N)Cc1ccc(Br)cc1F. The molecule has 1 rings (SSSR count). The predicted molar refractivity (Wildman–Crippen MR) is 62.4 cm³/mol. The van der Waals surface area contributed by atoms with Crippen LogP contribution in [0.5, 0.6) is 0 Å². The normalized spacial score (nSPS) is 12.2. The van der Waals surface area contributed by atoms with E-state index in [1.165, 1.54) is 6.07 Å². The standard InChI is InChI=1S/C11H13BrFNO2/c1-2-16-11(15)10(14)5-7-3-4-8(12)6-9(7)13/h3-4,6,10H,2,5,14H2,1H3/t10-/m0/s1. The van der Waals surface area contributed by atoms with Gasteiger partial charge in [-0.2, -0.15) is 0 Å². The number of benzene rings is 1. The average molecular weight is 290 g/mol. The van der Waals surface area contributed by atoms with E-state index < -0.39 is 12.0 Å². The molecule has 0 radical (unpaired) electrons. The molecule has 2 N–H and O–H groups in total. The second-order valence-electron chi connectivity index (χ2n) is 3.30. The highest BCUT2D eigenvalue weighted by Crippen LogP contribution is 2.16. The Morgan fingerprint density at radius 1 is 1.62 bits per heavy atom. The van der Waals surface area contributed by atoms with Crippen molar-refractivity contribution in [3.63, 3.8) is 0 Å². The summed E-state index contributed by atoms with van der Waals surface area (Å²) in [6, 6.07) is 3.82. The number of ether oxygens (including phenoxy) is 1. The molecule has 0 aromatic heterocycles. The van der Waals surface area contributed by atoms with Gasteiger partial charge in [0.2, 0.25) is 0 Å². The summed E-state index contributed by atoms with van der Waals surface area (Å²) in [5, 5.41) is 0. The minimum atomic E-state index is -0.823. The fraction of sp³-hybridized carbons (Fsp3) is 0.364. The molecule has 0 aliphatic carbocycles. The van der Waals surface area contributed by atoms with Crippen molar-refractivity contribution in [1.29, 1.82) is 0 Å². The van der Waals surface area contributed by atoms with E-state index in [-0.39, 0.29) is 18.8 Å². The summed E-state index contributed by atoms with van der Waals surface area (Å²) in [6.07, 6.45) is 0.137. The van der Waals surface area contributed by atoms with Gasteiger partial charge in [0.05, 0.1) is 6.61 Å². The van der Waals surface area contributed by atoms with Gasteiger partial charge in [0.1, 0.15) is 11.9 Å². The Morgan fingerprint density at radius 2 is 2.31 bits per heavy atom. The monoisotopic (exact) mass is 289 g/mol. The maximum atomic E-state index is 13.4. The van der Waals surface area contributed by atoms with E-state index in [2.05, 4.69) is 15.9 Å². The summed E-state index contributed by atoms with van der Waals surface area (Å²) in [5.74, 6) is -0.890. The van der Waals surface area contributed by atoms with Gasteiger partial charge in [-0.15, -0.1) is 0 Å². The zero-order chi connectivity index (χ0) is 12.1. The van der Waals surface area contributed by atoms with Crippen LogP contribution in [-0.4, -0.2) is 18.6 Å². The van der Waals surface area contributed by atoms with Gasteiger partial charge in [-0.1, -0.05) is 22.0 Å². The fourth-order valence-corrected chi connectivity index (χ4v) is 1.59. The van der Waals surface area contributed by atoms with Crippen molar-refractivity contribution >= 4 is 21.9 Å². The van der Waals surface area contributed by atoms with Crippen LogP contribution in [0, 0.1) is 5.82 Å². The van der Waals surface area contributed by atoms with Crippen molar-refractivity contribution in [2.75, 3.05) is 6.61 Å². The molecule has 1 atom stereocenters. The summed E-state index contributed by atoms with van der Waals surface area (Å²) < 4.78 is 18.8. The molecule has 0 saturated heterocycles. The van der Waals surface area contributed by atoms with Crippen molar-refractivity contribution in [2.45, 2.75) is 19.4 Å². The molecule has 88 valence electrons. The van der Waals surface area contributed by atoms with Crippen LogP contribution in [0.1, 0.15) is 12.5 Å². The van der Waals surface area contributed by atoms with Gasteiger partial charge in [-0.05, 0) is 24.6 Å². The molecule has 0 saturated carbocycles. The zero-order valence-corrected chi connectivity index (χ0v) is 10.5. The van der Waals surface area contributed by atoms with E-state index in [9.17, 15) is 9.18 Å². The summed E-state index contributed by atoms with van der Waals surface area (Å²) >= 11 is 3.15. The Balaban J connectivity index is 2.69. The number of nitrogens with two attached hydrogens (primary N) is 1. The molecule has 3 nitrogen and oxygen atoms in total. The van der Waals surface area contributed by atoms with Crippen LogP contribution in [0.4, 0.5) is 4.39 Å². The van der Waals surface area contributed by atoms with Gasteiger partial charge in [0.25, 0.3) is 0 Å². The number of esters is 1. The van der Waals surface area contributed by atoms with Crippen LogP contribution >= 0.6 is 15.9 Å². The highest BCUT2D eigenvalue weighted by atomic mass is 79.9. The molecule has 0 heterocycles. The van der Waals surface area contributed by atoms with Crippen molar-refractivity contribution in [2.24, 2.45) is 5.73 Å². The highest BCUT2D eigenvalue weighted by Gasteiger charge is 2.16. The van der Waals surface area contributed by atoms with Crippen LogP contribution in [0.3, 0.4) is 0 Å². The maximum Gasteiger partial charge on any atom is 0.323 e. The van der Waals surface area contributed by atoms with Gasteiger partial charge in [0.15, 0.2) is 0 Å². The van der Waals surface area contributed by atoms with E-state index >= 15 is 0 Å². The molecule has 0 fully saturated rings. The highest BCUT2D eigenvalue weighted by molar-refractivity contribution is 9.10. The van der Waals surface area contributed by atoms with Gasteiger partial charge in [-0.3, -0.25) is 4.79 Å². The first-order chi connectivity index (χ1) is 7.54. The second-order valence-corrected chi connectivity index (χ2v) is 4.21. The molecule has 0 bridgehead atoms. The molecule has 16 heavy (non-hydrogen) atoms. The third-order valence-corrected chi connectivity index (χ3v) is 2.54. The Bertz CT molecular complexity index is 384. The van der Waals surface area contributed by atoms with Gasteiger partial charge >= 0.3 is 5.97 Å². The molecule has 5 heteroatoms. The van der Waals surface area contributed by atoms with E-state index in [1.54, 1.807) is 19.1 Å². The number of hydrogen-bond acceptors (Lipinski definition) is 3. The lowest BCUT2D eigenvalue weighted by molar-refractivity contribution is -0.144. The van der Waals surface area contributed by atoms with Crippen LogP contribution in [0.25, 0.3) is 0 Å². The summed E-state index contributed by atoms with van der Waals surface area (Å²) in [5.41, 5.74) is 6.00. The molecular formula is C11H13BrFNO2. The Labute approximate surface area is 102 Å². The summed E-state index contributed by atoms with van der Waals surface area (Å²) in [4.78, 5) is 11.2. The molecule has 0 aliphatic rings. The Kier molecular flexibility index (Phi) is 4.89. The van der Waals surface area contributed by atoms with E-state index in [0.717, 1.165) is 0 Å². The maximum absolute atomic E-state index is 13.4. The number of rotatable bonds is 4. The van der Waals surface area contributed by atoms with Gasteiger partial charge in [0, 0.05) is 10.9 Å². The van der Waals surface area contributed by atoms with Crippen molar-refractivity contribution in [3.8, 4) is 0 Å². The molecule has 1 aromatic carbocycles. The number of carbonyl (C=O) groups excluding carboxylic acids is 1. The molecular weight excluding hydrogens is 277 g/mol. The van der Waals surface area contributed by atoms with Crippen molar-refractivity contribution in [1.82, 2.24) is 0 Å². The lowest BCUT2D eigenvalue weighted by Crippen LogP contribution is -2.34. The largest absolute Gasteiger partial charge is 0.465 e. The minimum Gasteiger partial charge on any atom is -0.465 e. The Morgan fingerprint density at radius 3 is 2.88 bits per heavy atom. The van der Waals surface area contributed by atoms with Gasteiger partial charge < -0.3 is 10.5 Å². The van der Waals surface area contributed by atoms with Crippen LogP contribution < -0.4 is 5.73 Å². The second kappa shape index (κ2) is 5.96. The van der Waals surface area contributed by atoms with Crippen molar-refractivity contribution < 1.29 is 13.9 Å². The molecule has 0 unspecified atom stereocenters. The smallest absolute Gasteiger partial charge is 0.323 e. The van der Waals surface area contributed by atoms with Gasteiger partial charge in [-0.25, -0.2) is 4.39 Å². The number of carbonyl (C=O) groups is 1. The first-order valence-electron chi connectivity index (χ1n) is 4.90. The Hall–Kier alpha value is -0.940. The lowest BCUT2D eigenvalue weighted by atomic mass is 10.1. The third-order valence-electron chi connectivity index (χ3n) is 2.04. The quantitative estimate of drug-likeness (QED) is 0.863. The minimum absolute atomic E-state index is 0.137. The number of hydrogen-bond donors (Lipinski definition) is 1. The molecule has 1 aromatic rings. The molecule has 0 amide bonds. The summed E-state index contributed by atoms with van der Waals surface area (Å²) in [7, 11) is 0. The zero-order valence-electron chi connectivity index (χ0n) is 8.87. The first-order valence-corrected chi connectivity index (χ1v) is 5.70. The predicted octanol–water partition coefficient (Wildman–Crippen LogP) is 2.02. The third kappa shape index (κ3) is 3.57. The van der Waals surface area contributed by atoms with Crippen molar-refractivity contribution in [3.05, 3.63) is 34.1 Å². The van der Waals surface area contributed by atoms with Crippen LogP contribution in [0.2, 0.25) is 0 Å². The van der Waals surface area contributed by atoms with E-state index in [0.29, 0.717) is 10.0 Å². The topological polar surface area (TPSA) is 52.3 Å². The summed E-state index contributed by atoms with van der Waals surface area (Å²) in [6.45, 7) is 1.97. The van der Waals surface area contributed by atoms with Crippen LogP contribution in [0.15, 0.2) is 22.7 Å². The average Bonchev–Trinajstić information content (AvgIpc) is 2.22.